The summed E-state index contributed by atoms with van der Waals surface area (Å²) in [5, 5.41) is 21.6. The molecular formula is C21H20N2O10. The van der Waals surface area contributed by atoms with Gasteiger partial charge in [0.05, 0.1) is 27.1 Å². The quantitative estimate of drug-likeness (QED) is 0.341. The number of hydrogen-bond donors (Lipinski definition) is 0. The number of nitrogens with zero attached hydrogens (tertiary/aromatic N) is 2. The van der Waals surface area contributed by atoms with Crippen molar-refractivity contribution in [3.05, 3.63) is 79.9 Å². The van der Waals surface area contributed by atoms with E-state index in [2.05, 4.69) is 0 Å². The maximum atomic E-state index is 12.6. The van der Waals surface area contributed by atoms with Crippen molar-refractivity contribution in [3.8, 4) is 0 Å². The highest BCUT2D eigenvalue weighted by atomic mass is 16.7. The Bertz CT molecular complexity index is 1040. The zero-order chi connectivity index (χ0) is 24.1. The first kappa shape index (κ1) is 23.8. The largest absolute Gasteiger partial charge is 0.455 e. The van der Waals surface area contributed by atoms with Crippen LogP contribution in [0.5, 0.6) is 0 Å². The Morgan fingerprint density at radius 3 is 1.76 bits per heavy atom. The minimum absolute atomic E-state index is 0.0672. The second-order valence-corrected chi connectivity index (χ2v) is 7.16. The summed E-state index contributed by atoms with van der Waals surface area (Å²) in [7, 11) is 1.41. The topological polar surface area (TPSA) is 157 Å². The van der Waals surface area contributed by atoms with Gasteiger partial charge in [0.25, 0.3) is 11.4 Å². The number of non-ortho nitro benzene ring substituents is 2. The number of nitro benzene ring substituents is 2. The molecule has 0 spiro atoms. The van der Waals surface area contributed by atoms with Crippen molar-refractivity contribution in [1.29, 1.82) is 0 Å². The van der Waals surface area contributed by atoms with E-state index >= 15 is 0 Å². The molecule has 12 nitrogen and oxygen atoms in total. The van der Waals surface area contributed by atoms with Crippen LogP contribution in [0, 0.1) is 20.2 Å². The molecule has 2 aromatic carbocycles. The maximum absolute atomic E-state index is 12.6. The van der Waals surface area contributed by atoms with Gasteiger partial charge < -0.3 is 18.9 Å². The van der Waals surface area contributed by atoms with Gasteiger partial charge in [0.1, 0.15) is 6.10 Å². The monoisotopic (exact) mass is 460 g/mol. The van der Waals surface area contributed by atoms with Gasteiger partial charge in [0, 0.05) is 37.8 Å². The van der Waals surface area contributed by atoms with Gasteiger partial charge in [-0.25, -0.2) is 9.59 Å². The Morgan fingerprint density at radius 2 is 1.33 bits per heavy atom. The van der Waals surface area contributed by atoms with Crippen molar-refractivity contribution in [2.24, 2.45) is 0 Å². The Morgan fingerprint density at radius 1 is 0.879 bits per heavy atom. The molecule has 4 atom stereocenters. The van der Waals surface area contributed by atoms with Gasteiger partial charge in [0.2, 0.25) is 0 Å². The number of hydrogen-bond acceptors (Lipinski definition) is 10. The normalized spacial score (nSPS) is 22.2. The number of methoxy groups -OCH3 is 1. The van der Waals surface area contributed by atoms with Crippen molar-refractivity contribution in [3.63, 3.8) is 0 Å². The van der Waals surface area contributed by atoms with Crippen LogP contribution in [0.1, 0.15) is 34.1 Å². The fraction of sp³-hybridized carbons (Fsp3) is 0.333. The van der Waals surface area contributed by atoms with E-state index in [-0.39, 0.29) is 28.9 Å². The van der Waals surface area contributed by atoms with Crippen molar-refractivity contribution in [2.75, 3.05) is 7.11 Å². The van der Waals surface area contributed by atoms with Crippen molar-refractivity contribution in [1.82, 2.24) is 0 Å². The minimum atomic E-state index is -0.999. The number of rotatable bonds is 7. The van der Waals surface area contributed by atoms with E-state index < -0.39 is 46.4 Å². The lowest BCUT2D eigenvalue weighted by molar-refractivity contribution is -0.385. The average molecular weight is 460 g/mol. The summed E-state index contributed by atoms with van der Waals surface area (Å²) in [6, 6.07) is 9.72. The molecule has 1 heterocycles. The third-order valence-electron chi connectivity index (χ3n) is 5.01. The molecule has 0 aliphatic carbocycles. The summed E-state index contributed by atoms with van der Waals surface area (Å²) in [6.07, 6.45) is -3.30. The van der Waals surface area contributed by atoms with Crippen molar-refractivity contribution in [2.45, 2.75) is 37.9 Å². The van der Waals surface area contributed by atoms with Crippen LogP contribution in [0.4, 0.5) is 11.4 Å². The van der Waals surface area contributed by atoms with Gasteiger partial charge in [-0.05, 0) is 31.2 Å². The summed E-state index contributed by atoms with van der Waals surface area (Å²) in [4.78, 5) is 45.6. The molecule has 2 aromatic rings. The van der Waals surface area contributed by atoms with Crippen LogP contribution in [0.15, 0.2) is 48.5 Å². The summed E-state index contributed by atoms with van der Waals surface area (Å²) in [6.45, 7) is 1.62. The number of nitro groups is 2. The molecule has 1 aliphatic heterocycles. The summed E-state index contributed by atoms with van der Waals surface area (Å²) in [5.41, 5.74) is -0.212. The molecule has 0 bridgehead atoms. The molecule has 1 fully saturated rings. The number of carbonyl (C=O) groups is 2. The first-order chi connectivity index (χ1) is 15.7. The van der Waals surface area contributed by atoms with Crippen molar-refractivity contribution < 1.29 is 38.4 Å². The summed E-state index contributed by atoms with van der Waals surface area (Å²) >= 11 is 0. The first-order valence-corrected chi connectivity index (χ1v) is 9.78. The highest BCUT2D eigenvalue weighted by Gasteiger charge is 2.42. The number of ether oxygens (including phenoxy) is 4. The van der Waals surface area contributed by atoms with E-state index in [1.54, 1.807) is 6.92 Å². The molecule has 0 saturated carbocycles. The second-order valence-electron chi connectivity index (χ2n) is 7.16. The van der Waals surface area contributed by atoms with E-state index in [9.17, 15) is 29.8 Å². The van der Waals surface area contributed by atoms with Crippen LogP contribution in [0.2, 0.25) is 0 Å². The van der Waals surface area contributed by atoms with Crippen LogP contribution in [0.25, 0.3) is 0 Å². The van der Waals surface area contributed by atoms with Crippen LogP contribution in [-0.4, -0.2) is 53.5 Å². The van der Waals surface area contributed by atoms with Gasteiger partial charge in [-0.3, -0.25) is 20.2 Å². The molecule has 174 valence electrons. The van der Waals surface area contributed by atoms with Crippen LogP contribution >= 0.6 is 0 Å². The van der Waals surface area contributed by atoms with Gasteiger partial charge in [-0.15, -0.1) is 0 Å². The minimum Gasteiger partial charge on any atom is -0.455 e. The van der Waals surface area contributed by atoms with Crippen LogP contribution in [0.3, 0.4) is 0 Å². The van der Waals surface area contributed by atoms with Gasteiger partial charge in [-0.2, -0.15) is 0 Å². The molecular weight excluding hydrogens is 440 g/mol. The van der Waals surface area contributed by atoms with E-state index in [1.165, 1.54) is 55.6 Å². The molecule has 33 heavy (non-hydrogen) atoms. The summed E-state index contributed by atoms with van der Waals surface area (Å²) < 4.78 is 21.9. The predicted octanol–water partition coefficient (Wildman–Crippen LogP) is 3.04. The van der Waals surface area contributed by atoms with E-state index in [0.29, 0.717) is 0 Å². The number of esters is 2. The first-order valence-electron chi connectivity index (χ1n) is 9.78. The molecule has 12 heteroatoms. The second kappa shape index (κ2) is 10.1. The highest BCUT2D eigenvalue weighted by Crippen LogP contribution is 2.28. The number of benzene rings is 2. The van der Waals surface area contributed by atoms with Gasteiger partial charge in [-0.1, -0.05) is 0 Å². The lowest BCUT2D eigenvalue weighted by Gasteiger charge is -2.38. The zero-order valence-corrected chi connectivity index (χ0v) is 17.6. The Hall–Kier alpha value is -3.90. The third kappa shape index (κ3) is 5.67. The summed E-state index contributed by atoms with van der Waals surface area (Å²) in [5.74, 6) is -1.55. The van der Waals surface area contributed by atoms with Crippen LogP contribution < -0.4 is 0 Å². The maximum Gasteiger partial charge on any atom is 0.338 e. The lowest BCUT2D eigenvalue weighted by Crippen LogP contribution is -2.51. The predicted molar refractivity (Wildman–Crippen MR) is 111 cm³/mol. The fourth-order valence-electron chi connectivity index (χ4n) is 3.27. The smallest absolute Gasteiger partial charge is 0.338 e. The third-order valence-corrected chi connectivity index (χ3v) is 5.01. The average Bonchev–Trinajstić information content (AvgIpc) is 2.80. The fourth-order valence-corrected chi connectivity index (χ4v) is 3.27. The van der Waals surface area contributed by atoms with Crippen molar-refractivity contribution >= 4 is 23.3 Å². The molecule has 0 amide bonds. The lowest BCUT2D eigenvalue weighted by atomic mass is 10.0. The van der Waals surface area contributed by atoms with Gasteiger partial charge in [0.15, 0.2) is 12.4 Å². The zero-order valence-electron chi connectivity index (χ0n) is 17.6. The molecule has 1 aliphatic rings. The Kier molecular flexibility index (Phi) is 7.30. The molecule has 0 N–H and O–H groups in total. The Labute approximate surface area is 187 Å². The molecule has 0 radical (unpaired) electrons. The standard InChI is InChI=1S/C21H20N2O10/c1-12-19(33-21(25)14-5-9-16(10-6-14)23(28)29)17(11-18(30-2)31-12)32-20(24)13-3-7-15(8-4-13)22(26)27/h3-10,12,17-19H,11H2,1-2H3. The molecule has 4 unspecified atom stereocenters. The van der Waals surface area contributed by atoms with Gasteiger partial charge >= 0.3 is 11.9 Å². The highest BCUT2D eigenvalue weighted by molar-refractivity contribution is 5.90. The Balaban J connectivity index is 1.76. The van der Waals surface area contributed by atoms with Crippen LogP contribution in [-0.2, 0) is 18.9 Å². The molecule has 0 aromatic heterocycles. The number of carbonyl (C=O) groups excluding carboxylic acids is 2. The molecule has 1 saturated heterocycles. The molecule has 3 rings (SSSR count). The SMILES string of the molecule is COC1CC(OC(=O)c2ccc([N+](=O)[O-])cc2)C(OC(=O)c2ccc([N+](=O)[O-])cc2)C(C)O1. The van der Waals surface area contributed by atoms with E-state index in [4.69, 9.17) is 18.9 Å². The van der Waals surface area contributed by atoms with E-state index in [0.717, 1.165) is 0 Å². The van der Waals surface area contributed by atoms with E-state index in [1.807, 2.05) is 0 Å².